The summed E-state index contributed by atoms with van der Waals surface area (Å²) in [7, 11) is 1.54. The van der Waals surface area contributed by atoms with Gasteiger partial charge in [0.25, 0.3) is 0 Å². The molecule has 7 nitrogen and oxygen atoms in total. The Labute approximate surface area is 128 Å². The molecule has 1 heterocycles. The van der Waals surface area contributed by atoms with Crippen LogP contribution in [-0.4, -0.2) is 31.4 Å². The summed E-state index contributed by atoms with van der Waals surface area (Å²) in [4.78, 5) is 23.2. The van der Waals surface area contributed by atoms with Crippen molar-refractivity contribution in [1.82, 2.24) is 5.32 Å². The smallest absolute Gasteiger partial charge is 0.412 e. The van der Waals surface area contributed by atoms with Gasteiger partial charge in [0, 0.05) is 5.56 Å². The van der Waals surface area contributed by atoms with E-state index in [-0.39, 0.29) is 0 Å². The van der Waals surface area contributed by atoms with E-state index in [2.05, 4.69) is 10.6 Å². The first-order valence-corrected chi connectivity index (χ1v) is 6.91. The molecule has 1 saturated heterocycles. The molecule has 1 aromatic carbocycles. The third-order valence-electron chi connectivity index (χ3n) is 2.92. The van der Waals surface area contributed by atoms with Crippen molar-refractivity contribution in [2.75, 3.05) is 19.0 Å². The zero-order valence-electron chi connectivity index (χ0n) is 13.1. The van der Waals surface area contributed by atoms with Crippen LogP contribution in [0, 0.1) is 0 Å². The number of ether oxygens (including phenoxy) is 3. The lowest BCUT2D eigenvalue weighted by atomic mass is 10.1. The van der Waals surface area contributed by atoms with Gasteiger partial charge in [0.05, 0.1) is 19.3 Å². The Kier molecular flexibility index (Phi) is 4.44. The van der Waals surface area contributed by atoms with Crippen molar-refractivity contribution in [2.45, 2.75) is 32.5 Å². The van der Waals surface area contributed by atoms with Crippen molar-refractivity contribution >= 4 is 17.9 Å². The van der Waals surface area contributed by atoms with Crippen LogP contribution >= 0.6 is 0 Å². The Morgan fingerprint density at radius 2 is 2.14 bits per heavy atom. The predicted molar refractivity (Wildman–Crippen MR) is 80.1 cm³/mol. The van der Waals surface area contributed by atoms with E-state index in [9.17, 15) is 9.59 Å². The fraction of sp³-hybridized carbons (Fsp3) is 0.467. The summed E-state index contributed by atoms with van der Waals surface area (Å²) < 4.78 is 15.6. The standard InChI is InChI=1S/C15H20N2O5/c1-15(2,3)22-14(19)17-11-6-5-9(20-4)7-10(11)12-8-16-13(18)21-12/h5-7,12H,8H2,1-4H3,(H,16,18)(H,17,19). The van der Waals surface area contributed by atoms with Gasteiger partial charge in [0.1, 0.15) is 17.5 Å². The van der Waals surface area contributed by atoms with Crippen LogP contribution in [0.3, 0.4) is 0 Å². The lowest BCUT2D eigenvalue weighted by molar-refractivity contribution is 0.0635. The fourth-order valence-electron chi connectivity index (χ4n) is 2.02. The van der Waals surface area contributed by atoms with Crippen LogP contribution in [-0.2, 0) is 9.47 Å². The van der Waals surface area contributed by atoms with E-state index < -0.39 is 23.9 Å². The summed E-state index contributed by atoms with van der Waals surface area (Å²) in [6, 6.07) is 5.11. The van der Waals surface area contributed by atoms with Gasteiger partial charge in [-0.15, -0.1) is 0 Å². The zero-order valence-corrected chi connectivity index (χ0v) is 13.1. The van der Waals surface area contributed by atoms with Gasteiger partial charge >= 0.3 is 12.2 Å². The number of alkyl carbamates (subject to hydrolysis) is 1. The maximum Gasteiger partial charge on any atom is 0.412 e. The number of amides is 2. The van der Waals surface area contributed by atoms with Gasteiger partial charge in [0.2, 0.25) is 0 Å². The second-order valence-electron chi connectivity index (χ2n) is 5.85. The van der Waals surface area contributed by atoms with Crippen molar-refractivity contribution < 1.29 is 23.8 Å². The molecule has 1 aliphatic rings. The number of carbonyl (C=O) groups excluding carboxylic acids is 2. The van der Waals surface area contributed by atoms with Crippen LogP contribution in [0.15, 0.2) is 18.2 Å². The minimum absolute atomic E-state index is 0.328. The molecule has 0 aliphatic carbocycles. The van der Waals surface area contributed by atoms with Gasteiger partial charge in [-0.1, -0.05) is 0 Å². The van der Waals surface area contributed by atoms with Crippen molar-refractivity contribution in [3.63, 3.8) is 0 Å². The number of rotatable bonds is 3. The molecule has 0 radical (unpaired) electrons. The highest BCUT2D eigenvalue weighted by atomic mass is 16.6. The molecular weight excluding hydrogens is 288 g/mol. The molecule has 7 heteroatoms. The molecule has 2 N–H and O–H groups in total. The molecule has 2 rings (SSSR count). The van der Waals surface area contributed by atoms with Crippen LogP contribution in [0.2, 0.25) is 0 Å². The SMILES string of the molecule is COc1ccc(NC(=O)OC(C)(C)C)c(C2CNC(=O)O2)c1. The van der Waals surface area contributed by atoms with Gasteiger partial charge in [0.15, 0.2) is 0 Å². The van der Waals surface area contributed by atoms with E-state index in [1.807, 2.05) is 0 Å². The van der Waals surface area contributed by atoms with E-state index >= 15 is 0 Å². The van der Waals surface area contributed by atoms with Crippen LogP contribution in [0.4, 0.5) is 15.3 Å². The predicted octanol–water partition coefficient (Wildman–Crippen LogP) is 2.82. The maximum absolute atomic E-state index is 11.9. The Balaban J connectivity index is 2.22. The summed E-state index contributed by atoms with van der Waals surface area (Å²) >= 11 is 0. The van der Waals surface area contributed by atoms with Gasteiger partial charge in [-0.25, -0.2) is 9.59 Å². The second-order valence-corrected chi connectivity index (χ2v) is 5.85. The molecule has 22 heavy (non-hydrogen) atoms. The monoisotopic (exact) mass is 308 g/mol. The molecule has 1 aliphatic heterocycles. The number of cyclic esters (lactones) is 1. The third kappa shape index (κ3) is 4.03. The minimum Gasteiger partial charge on any atom is -0.497 e. The average Bonchev–Trinajstić information content (AvgIpc) is 2.83. The molecule has 0 bridgehead atoms. The highest BCUT2D eigenvalue weighted by molar-refractivity contribution is 5.86. The summed E-state index contributed by atoms with van der Waals surface area (Å²) in [5.41, 5.74) is 0.554. The van der Waals surface area contributed by atoms with E-state index in [0.717, 1.165) is 0 Å². The molecular formula is C15H20N2O5. The molecule has 0 spiro atoms. The van der Waals surface area contributed by atoms with Gasteiger partial charge in [-0.05, 0) is 39.0 Å². The number of hydrogen-bond donors (Lipinski definition) is 2. The number of anilines is 1. The van der Waals surface area contributed by atoms with Gasteiger partial charge in [-0.2, -0.15) is 0 Å². The number of nitrogens with one attached hydrogen (secondary N) is 2. The van der Waals surface area contributed by atoms with Crippen molar-refractivity contribution in [1.29, 1.82) is 0 Å². The van der Waals surface area contributed by atoms with Crippen molar-refractivity contribution in [3.05, 3.63) is 23.8 Å². The minimum atomic E-state index is -0.599. The van der Waals surface area contributed by atoms with E-state index in [4.69, 9.17) is 14.2 Å². The molecule has 1 fully saturated rings. The Morgan fingerprint density at radius 3 is 2.68 bits per heavy atom. The Hall–Kier alpha value is -2.44. The number of benzene rings is 1. The first kappa shape index (κ1) is 15.9. The number of hydrogen-bond acceptors (Lipinski definition) is 5. The molecule has 1 atom stereocenters. The van der Waals surface area contributed by atoms with Crippen LogP contribution < -0.4 is 15.4 Å². The molecule has 1 unspecified atom stereocenters. The van der Waals surface area contributed by atoms with Crippen molar-refractivity contribution in [3.8, 4) is 5.75 Å². The molecule has 2 amide bonds. The zero-order chi connectivity index (χ0) is 16.3. The van der Waals surface area contributed by atoms with Crippen LogP contribution in [0.1, 0.15) is 32.4 Å². The highest BCUT2D eigenvalue weighted by Gasteiger charge is 2.28. The molecule has 0 aromatic heterocycles. The van der Waals surface area contributed by atoms with Crippen molar-refractivity contribution in [2.24, 2.45) is 0 Å². The van der Waals surface area contributed by atoms with E-state index in [1.165, 1.54) is 0 Å². The first-order chi connectivity index (χ1) is 10.3. The summed E-state index contributed by atoms with van der Waals surface area (Å²) in [6.45, 7) is 5.67. The third-order valence-corrected chi connectivity index (χ3v) is 2.92. The maximum atomic E-state index is 11.9. The lowest BCUT2D eigenvalue weighted by Crippen LogP contribution is -2.27. The Morgan fingerprint density at radius 1 is 1.41 bits per heavy atom. The molecule has 120 valence electrons. The average molecular weight is 308 g/mol. The fourth-order valence-corrected chi connectivity index (χ4v) is 2.02. The topological polar surface area (TPSA) is 85.9 Å². The summed E-state index contributed by atoms with van der Waals surface area (Å²) in [6.07, 6.45) is -1.56. The number of methoxy groups -OCH3 is 1. The summed E-state index contributed by atoms with van der Waals surface area (Å²) in [5.74, 6) is 0.604. The van der Waals surface area contributed by atoms with E-state index in [0.29, 0.717) is 23.5 Å². The first-order valence-electron chi connectivity index (χ1n) is 6.91. The molecule has 1 aromatic rings. The normalized spacial score (nSPS) is 17.5. The van der Waals surface area contributed by atoms with Gasteiger partial charge < -0.3 is 19.5 Å². The van der Waals surface area contributed by atoms with E-state index in [1.54, 1.807) is 46.1 Å². The highest BCUT2D eigenvalue weighted by Crippen LogP contribution is 2.31. The quantitative estimate of drug-likeness (QED) is 0.896. The molecule has 0 saturated carbocycles. The van der Waals surface area contributed by atoms with Gasteiger partial charge in [-0.3, -0.25) is 5.32 Å². The van der Waals surface area contributed by atoms with Crippen LogP contribution in [0.25, 0.3) is 0 Å². The lowest BCUT2D eigenvalue weighted by Gasteiger charge is -2.21. The largest absolute Gasteiger partial charge is 0.497 e. The Bertz CT molecular complexity index is 580. The number of carbonyl (C=O) groups is 2. The summed E-state index contributed by atoms with van der Waals surface area (Å²) in [5, 5.41) is 5.25. The van der Waals surface area contributed by atoms with Crippen LogP contribution in [0.5, 0.6) is 5.75 Å². The second kappa shape index (κ2) is 6.13.